The predicted octanol–water partition coefficient (Wildman–Crippen LogP) is 6.08. The summed E-state index contributed by atoms with van der Waals surface area (Å²) in [7, 11) is 0. The minimum Gasteiger partial charge on any atom is -0.322 e. The first-order valence-electron chi connectivity index (χ1n) is 12.1. The third-order valence-electron chi connectivity index (χ3n) is 7.35. The van der Waals surface area contributed by atoms with Gasteiger partial charge in [0.2, 0.25) is 5.91 Å². The van der Waals surface area contributed by atoms with Gasteiger partial charge in [0.05, 0.1) is 6.54 Å². The molecule has 0 bridgehead atoms. The number of unbranched alkanes of at least 4 members (excludes halogenated alkanes) is 2. The molecule has 4 rings (SSSR count). The first kappa shape index (κ1) is 21.8. The van der Waals surface area contributed by atoms with E-state index < -0.39 is 0 Å². The molecular weight excluding hydrogens is 380 g/mol. The van der Waals surface area contributed by atoms with Crippen molar-refractivity contribution in [1.82, 2.24) is 0 Å². The van der Waals surface area contributed by atoms with Gasteiger partial charge in [0.15, 0.2) is 0 Å². The maximum atomic E-state index is 12.3. The van der Waals surface area contributed by atoms with E-state index in [1.54, 1.807) is 5.56 Å². The molecule has 2 atom stereocenters. The maximum Gasteiger partial charge on any atom is 0.240 e. The Balaban J connectivity index is 1.23. The van der Waals surface area contributed by atoms with Crippen molar-refractivity contribution in [3.63, 3.8) is 0 Å². The largest absolute Gasteiger partial charge is 0.322 e. The zero-order valence-corrected chi connectivity index (χ0v) is 18.6. The molecule has 1 saturated carbocycles. The van der Waals surface area contributed by atoms with E-state index in [4.69, 9.17) is 5.73 Å². The lowest BCUT2D eigenvalue weighted by atomic mass is 9.76. The highest BCUT2D eigenvalue weighted by molar-refractivity contribution is 5.94. The van der Waals surface area contributed by atoms with Gasteiger partial charge in [-0.05, 0) is 54.9 Å². The monoisotopic (exact) mass is 416 g/mol. The van der Waals surface area contributed by atoms with E-state index in [2.05, 4.69) is 36.4 Å². The summed E-state index contributed by atoms with van der Waals surface area (Å²) in [6, 6.07) is 18.9. The Bertz CT molecular complexity index is 891. The highest BCUT2D eigenvalue weighted by atomic mass is 16.2. The average molecular weight is 417 g/mol. The van der Waals surface area contributed by atoms with Crippen LogP contribution in [0, 0.1) is 5.92 Å². The van der Waals surface area contributed by atoms with E-state index in [-0.39, 0.29) is 12.5 Å². The van der Waals surface area contributed by atoms with E-state index >= 15 is 0 Å². The first-order valence-corrected chi connectivity index (χ1v) is 12.1. The predicted molar refractivity (Wildman–Crippen MR) is 130 cm³/mol. The fourth-order valence-electron chi connectivity index (χ4n) is 5.59. The fourth-order valence-corrected chi connectivity index (χ4v) is 5.59. The summed E-state index contributed by atoms with van der Waals surface area (Å²) in [6.07, 6.45) is 16.2. The van der Waals surface area contributed by atoms with Crippen molar-refractivity contribution < 1.29 is 4.79 Å². The Morgan fingerprint density at radius 3 is 2.61 bits per heavy atom. The Morgan fingerprint density at radius 2 is 1.77 bits per heavy atom. The van der Waals surface area contributed by atoms with Crippen molar-refractivity contribution in [3.8, 4) is 0 Å². The van der Waals surface area contributed by atoms with Crippen molar-refractivity contribution in [2.24, 2.45) is 11.7 Å². The molecule has 1 amide bonds. The normalized spacial score (nSPS) is 22.3. The molecule has 2 unspecified atom stereocenters. The third kappa shape index (κ3) is 5.10. The molecular formula is C28H36N2O. The number of allylic oxidation sites excluding steroid dienone is 1. The van der Waals surface area contributed by atoms with Gasteiger partial charge >= 0.3 is 0 Å². The lowest BCUT2D eigenvalue weighted by Crippen LogP contribution is -2.36. The van der Waals surface area contributed by atoms with Crippen molar-refractivity contribution in [2.45, 2.75) is 63.2 Å². The Labute approximate surface area is 187 Å². The van der Waals surface area contributed by atoms with Gasteiger partial charge in [-0.1, -0.05) is 86.7 Å². The van der Waals surface area contributed by atoms with Crippen LogP contribution in [0.25, 0.3) is 6.08 Å². The molecule has 2 N–H and O–H groups in total. The Morgan fingerprint density at radius 1 is 0.968 bits per heavy atom. The highest BCUT2D eigenvalue weighted by Gasteiger charge is 2.36. The van der Waals surface area contributed by atoms with Gasteiger partial charge in [0.25, 0.3) is 0 Å². The second kappa shape index (κ2) is 10.3. The van der Waals surface area contributed by atoms with Crippen molar-refractivity contribution >= 4 is 17.7 Å². The number of hydrogen-bond donors (Lipinski definition) is 1. The number of para-hydroxylation sites is 1. The molecule has 0 aromatic heterocycles. The van der Waals surface area contributed by atoms with Crippen molar-refractivity contribution in [2.75, 3.05) is 18.0 Å². The van der Waals surface area contributed by atoms with Gasteiger partial charge < -0.3 is 10.6 Å². The number of nitrogens with zero attached hydrogens (tertiary/aromatic N) is 1. The van der Waals surface area contributed by atoms with Gasteiger partial charge in [0.1, 0.15) is 0 Å². The quantitative estimate of drug-likeness (QED) is 0.530. The third-order valence-corrected chi connectivity index (χ3v) is 7.35. The Hall–Kier alpha value is -2.39. The Kier molecular flexibility index (Phi) is 7.24. The zero-order valence-electron chi connectivity index (χ0n) is 18.6. The number of amides is 1. The minimum atomic E-state index is 0.00478. The number of rotatable bonds is 8. The molecule has 0 saturated heterocycles. The molecule has 2 aliphatic rings. The van der Waals surface area contributed by atoms with Crippen LogP contribution >= 0.6 is 0 Å². The smallest absolute Gasteiger partial charge is 0.240 e. The summed E-state index contributed by atoms with van der Waals surface area (Å²) in [5.41, 5.74) is 9.87. The molecule has 2 aromatic carbocycles. The number of carbonyl (C=O) groups is 1. The molecule has 31 heavy (non-hydrogen) atoms. The van der Waals surface area contributed by atoms with E-state index in [1.165, 1.54) is 56.9 Å². The molecule has 1 spiro atoms. The van der Waals surface area contributed by atoms with Crippen LogP contribution in [0.2, 0.25) is 0 Å². The topological polar surface area (TPSA) is 46.3 Å². The average Bonchev–Trinajstić information content (AvgIpc) is 3.04. The second-order valence-electron chi connectivity index (χ2n) is 9.31. The summed E-state index contributed by atoms with van der Waals surface area (Å²) < 4.78 is 0. The zero-order chi connectivity index (χ0) is 21.5. The first-order chi connectivity index (χ1) is 15.2. The molecule has 3 nitrogen and oxygen atoms in total. The second-order valence-corrected chi connectivity index (χ2v) is 9.31. The van der Waals surface area contributed by atoms with Crippen LogP contribution in [0.15, 0.2) is 60.7 Å². The number of nitrogens with two attached hydrogens (primary N) is 1. The van der Waals surface area contributed by atoms with Crippen molar-refractivity contribution in [1.29, 1.82) is 0 Å². The lowest BCUT2D eigenvalue weighted by Gasteiger charge is -2.28. The SMILES string of the molecule is NCC(=O)N(CCCCCC1CCCC2(C=Cc3ccccc32)CC1)c1ccccc1. The molecule has 0 radical (unpaired) electrons. The van der Waals surface area contributed by atoms with Crippen LogP contribution in [0.4, 0.5) is 5.69 Å². The van der Waals surface area contributed by atoms with E-state index in [0.717, 1.165) is 24.6 Å². The fraction of sp³-hybridized carbons (Fsp3) is 0.464. The highest BCUT2D eigenvalue weighted by Crippen LogP contribution is 2.47. The van der Waals surface area contributed by atoms with E-state index in [0.29, 0.717) is 5.41 Å². The van der Waals surface area contributed by atoms with Gasteiger partial charge in [-0.3, -0.25) is 4.79 Å². The summed E-state index contributed by atoms with van der Waals surface area (Å²) in [4.78, 5) is 14.1. The van der Waals surface area contributed by atoms with Crippen LogP contribution in [0.5, 0.6) is 0 Å². The van der Waals surface area contributed by atoms with Gasteiger partial charge in [-0.15, -0.1) is 0 Å². The molecule has 3 heteroatoms. The maximum absolute atomic E-state index is 12.3. The van der Waals surface area contributed by atoms with Gasteiger partial charge in [-0.2, -0.15) is 0 Å². The van der Waals surface area contributed by atoms with Crippen LogP contribution in [0.3, 0.4) is 0 Å². The van der Waals surface area contributed by atoms with Gasteiger partial charge in [-0.25, -0.2) is 0 Å². The summed E-state index contributed by atoms with van der Waals surface area (Å²) in [6.45, 7) is 0.825. The molecule has 2 aliphatic carbocycles. The minimum absolute atomic E-state index is 0.00478. The van der Waals surface area contributed by atoms with Crippen LogP contribution in [-0.4, -0.2) is 19.0 Å². The molecule has 1 fully saturated rings. The molecule has 164 valence electrons. The van der Waals surface area contributed by atoms with Crippen LogP contribution in [-0.2, 0) is 10.2 Å². The molecule has 0 aliphatic heterocycles. The lowest BCUT2D eigenvalue weighted by molar-refractivity contribution is -0.117. The van der Waals surface area contributed by atoms with Crippen molar-refractivity contribution in [3.05, 3.63) is 71.8 Å². The number of hydrogen-bond acceptors (Lipinski definition) is 2. The summed E-state index contributed by atoms with van der Waals surface area (Å²) in [5, 5.41) is 0. The van der Waals surface area contributed by atoms with Crippen LogP contribution in [0.1, 0.15) is 68.9 Å². The number of fused-ring (bicyclic) bond motifs is 2. The molecule has 0 heterocycles. The van der Waals surface area contributed by atoms with Crippen LogP contribution < -0.4 is 10.6 Å². The summed E-state index contributed by atoms with van der Waals surface area (Å²) in [5.74, 6) is 0.849. The standard InChI is InChI=1S/C28H36N2O/c29-22-27(31)30(25-13-4-1-5-14-25)21-8-2-3-10-23-11-9-18-28(19-16-23)20-17-24-12-6-7-15-26(24)28/h1,4-7,12-15,17,20,23H,2-3,8-11,16,18-19,21-22,29H2. The molecule has 2 aromatic rings. The number of benzene rings is 2. The van der Waals surface area contributed by atoms with E-state index in [9.17, 15) is 4.79 Å². The number of carbonyl (C=O) groups excluding carboxylic acids is 1. The van der Waals surface area contributed by atoms with E-state index in [1.807, 2.05) is 35.2 Å². The van der Waals surface area contributed by atoms with Gasteiger partial charge in [0, 0.05) is 17.6 Å². The number of anilines is 1. The summed E-state index contributed by atoms with van der Waals surface area (Å²) >= 11 is 0.